The fraction of sp³-hybridized carbons (Fsp3) is 0.731. The van der Waals surface area contributed by atoms with Crippen LogP contribution in [0.1, 0.15) is 65.7 Å². The van der Waals surface area contributed by atoms with Gasteiger partial charge in [0.25, 0.3) is 0 Å². The Balaban J connectivity index is 0.000000427. The lowest BCUT2D eigenvalue weighted by molar-refractivity contribution is -0.165. The summed E-state index contributed by atoms with van der Waals surface area (Å²) in [7, 11) is 0. The zero-order valence-electron chi connectivity index (χ0n) is 19.6. The van der Waals surface area contributed by atoms with E-state index in [-0.39, 0.29) is 28.4 Å². The van der Waals surface area contributed by atoms with E-state index in [1.165, 1.54) is 5.57 Å². The fourth-order valence-corrected chi connectivity index (χ4v) is 7.34. The Morgan fingerprint density at radius 3 is 2.62 bits per heavy atom. The molecule has 0 bridgehead atoms. The van der Waals surface area contributed by atoms with E-state index in [1.807, 2.05) is 6.92 Å². The maximum Gasteiger partial charge on any atom is 0.165 e. The predicted molar refractivity (Wildman–Crippen MR) is 121 cm³/mol. The Labute approximate surface area is 191 Å². The highest BCUT2D eigenvalue weighted by Crippen LogP contribution is 2.66. The van der Waals surface area contributed by atoms with Gasteiger partial charge in [0.2, 0.25) is 0 Å². The highest BCUT2D eigenvalue weighted by molar-refractivity contribution is 5.83. The second-order valence-electron chi connectivity index (χ2n) is 10.6. The molecule has 32 heavy (non-hydrogen) atoms. The van der Waals surface area contributed by atoms with Crippen LogP contribution < -0.4 is 0 Å². The number of aliphatic hydroxyl groups excluding tert-OH is 2. The number of carbonyl (C=O) groups is 1. The summed E-state index contributed by atoms with van der Waals surface area (Å²) in [5.41, 5.74) is 2.03. The number of Topliss-reactive ketones (excluding diaryl/α,β-unsaturated/α-hetero) is 1. The molecule has 0 radical (unpaired) electrons. The summed E-state index contributed by atoms with van der Waals surface area (Å²) < 4.78 is 12.3. The molecule has 0 spiro atoms. The first-order valence-corrected chi connectivity index (χ1v) is 12.0. The molecule has 3 fully saturated rings. The van der Waals surface area contributed by atoms with E-state index < -0.39 is 19.0 Å². The third-order valence-corrected chi connectivity index (χ3v) is 8.72. The van der Waals surface area contributed by atoms with E-state index in [9.17, 15) is 14.4 Å². The highest BCUT2D eigenvalue weighted by atomic mass is 19.3. The Morgan fingerprint density at radius 2 is 2.03 bits per heavy atom. The number of allylic oxidation sites excluding steroid dienone is 5. The first-order valence-electron chi connectivity index (χ1n) is 12.0. The van der Waals surface area contributed by atoms with Crippen LogP contribution in [0.25, 0.3) is 0 Å². The van der Waals surface area contributed by atoms with Gasteiger partial charge in [-0.15, -0.1) is 0 Å². The number of ketones is 1. The zero-order valence-corrected chi connectivity index (χ0v) is 19.6. The predicted octanol–water partition coefficient (Wildman–Crippen LogP) is 4.44. The maximum atomic E-state index is 12.4. The summed E-state index contributed by atoms with van der Waals surface area (Å²) in [6, 6.07) is 0. The molecular formula is C26H39FO5. The normalized spacial score (nSPS) is 40.1. The van der Waals surface area contributed by atoms with Gasteiger partial charge in [0.05, 0.1) is 6.10 Å². The molecule has 7 unspecified atom stereocenters. The van der Waals surface area contributed by atoms with E-state index in [1.54, 1.807) is 0 Å². The van der Waals surface area contributed by atoms with Crippen LogP contribution in [-0.4, -0.2) is 40.1 Å². The third-order valence-electron chi connectivity index (χ3n) is 8.72. The molecule has 5 nitrogen and oxygen atoms in total. The average Bonchev–Trinajstić information content (AvgIpc) is 3.05. The van der Waals surface area contributed by atoms with Crippen LogP contribution in [0.15, 0.2) is 36.0 Å². The first kappa shape index (κ1) is 25.3. The summed E-state index contributed by atoms with van der Waals surface area (Å²) >= 11 is 0. The molecule has 0 aliphatic heterocycles. The highest BCUT2D eigenvalue weighted by Gasteiger charge is 2.62. The SMILES string of the molecule is C=C1C=CC2(C)C(=C1)CCC1C2C(O)CC2(C)C(C(=O)COF)CCC12.CCCC(O)O. The Hall–Kier alpha value is -1.34. The van der Waals surface area contributed by atoms with Crippen molar-refractivity contribution in [2.24, 2.45) is 34.5 Å². The van der Waals surface area contributed by atoms with Gasteiger partial charge in [0, 0.05) is 17.3 Å². The minimum Gasteiger partial charge on any atom is -0.393 e. The quantitative estimate of drug-likeness (QED) is 0.539. The molecule has 0 saturated heterocycles. The monoisotopic (exact) mass is 450 g/mol. The molecule has 0 heterocycles. The largest absolute Gasteiger partial charge is 0.393 e. The molecule has 4 aliphatic rings. The van der Waals surface area contributed by atoms with Gasteiger partial charge in [-0.05, 0) is 65.9 Å². The van der Waals surface area contributed by atoms with Gasteiger partial charge in [-0.2, -0.15) is 4.94 Å². The first-order chi connectivity index (χ1) is 15.1. The molecule has 0 aromatic rings. The molecule has 3 N–H and O–H groups in total. The molecule has 3 saturated carbocycles. The number of halogens is 1. The van der Waals surface area contributed by atoms with E-state index in [2.05, 4.69) is 43.6 Å². The van der Waals surface area contributed by atoms with Crippen LogP contribution in [-0.2, 0) is 9.74 Å². The van der Waals surface area contributed by atoms with Crippen LogP contribution in [0.2, 0.25) is 0 Å². The van der Waals surface area contributed by atoms with Crippen LogP contribution >= 0.6 is 0 Å². The second-order valence-corrected chi connectivity index (χ2v) is 10.6. The molecule has 4 rings (SSSR count). The Bertz CT molecular complexity index is 774. The van der Waals surface area contributed by atoms with Crippen LogP contribution in [0.4, 0.5) is 4.53 Å². The van der Waals surface area contributed by atoms with Crippen molar-refractivity contribution in [2.75, 3.05) is 6.61 Å². The molecule has 0 aromatic heterocycles. The van der Waals surface area contributed by atoms with E-state index in [4.69, 9.17) is 10.2 Å². The van der Waals surface area contributed by atoms with Crippen LogP contribution in [0, 0.1) is 34.5 Å². The van der Waals surface area contributed by atoms with E-state index >= 15 is 0 Å². The molecule has 7 atom stereocenters. The lowest BCUT2D eigenvalue weighted by Gasteiger charge is -2.58. The van der Waals surface area contributed by atoms with Gasteiger partial charge < -0.3 is 15.3 Å². The Morgan fingerprint density at radius 1 is 1.31 bits per heavy atom. The molecule has 4 aliphatic carbocycles. The maximum absolute atomic E-state index is 12.4. The van der Waals surface area contributed by atoms with Crippen molar-refractivity contribution < 1.29 is 29.6 Å². The molecular weight excluding hydrogens is 411 g/mol. The van der Waals surface area contributed by atoms with Crippen LogP contribution in [0.5, 0.6) is 0 Å². The topological polar surface area (TPSA) is 87.0 Å². The average molecular weight is 451 g/mol. The van der Waals surface area contributed by atoms with Crippen LogP contribution in [0.3, 0.4) is 0 Å². The van der Waals surface area contributed by atoms with Gasteiger partial charge in [0.1, 0.15) is 6.61 Å². The lowest BCUT2D eigenvalue weighted by Crippen LogP contribution is -2.56. The summed E-state index contributed by atoms with van der Waals surface area (Å²) in [5.74, 6) is 0.619. The Kier molecular flexibility index (Phi) is 7.81. The summed E-state index contributed by atoms with van der Waals surface area (Å²) in [4.78, 5) is 16.1. The minimum absolute atomic E-state index is 0.130. The number of aliphatic hydroxyl groups is 3. The van der Waals surface area contributed by atoms with Crippen molar-refractivity contribution in [2.45, 2.75) is 78.1 Å². The summed E-state index contributed by atoms with van der Waals surface area (Å²) in [6.07, 6.45) is 10.7. The van der Waals surface area contributed by atoms with Crippen molar-refractivity contribution in [3.63, 3.8) is 0 Å². The second kappa shape index (κ2) is 9.88. The zero-order chi connectivity index (χ0) is 23.7. The molecule has 0 aromatic carbocycles. The number of hydrogen-bond donors (Lipinski definition) is 3. The van der Waals surface area contributed by atoms with Gasteiger partial charge in [-0.3, -0.25) is 4.79 Å². The fourth-order valence-electron chi connectivity index (χ4n) is 7.34. The van der Waals surface area contributed by atoms with Gasteiger partial charge in [-0.1, -0.05) is 57.6 Å². The number of hydrogen-bond acceptors (Lipinski definition) is 5. The van der Waals surface area contributed by atoms with E-state index in [0.29, 0.717) is 24.7 Å². The summed E-state index contributed by atoms with van der Waals surface area (Å²) in [6.45, 7) is 9.89. The minimum atomic E-state index is -1.10. The molecule has 180 valence electrons. The van der Waals surface area contributed by atoms with Gasteiger partial charge in [-0.25, -0.2) is 0 Å². The standard InChI is InChI=1S/C22H29FO3.C4H10O2/c1-13-8-9-21(2)14(10-13)4-5-15-16-6-7-17(19(25)12-26-23)22(16,3)11-18(24)20(15)21;1-2-3-4(5)6/h8-10,15-18,20,24H,1,4-7,11-12H2,2-3H3;4-6H,2-3H2,1H3. The molecule has 6 heteroatoms. The summed E-state index contributed by atoms with van der Waals surface area (Å²) in [5, 5.41) is 27.4. The smallest absolute Gasteiger partial charge is 0.165 e. The van der Waals surface area contributed by atoms with Crippen molar-refractivity contribution in [3.8, 4) is 0 Å². The van der Waals surface area contributed by atoms with Gasteiger partial charge >= 0.3 is 0 Å². The number of rotatable bonds is 5. The van der Waals surface area contributed by atoms with Crippen molar-refractivity contribution >= 4 is 5.78 Å². The van der Waals surface area contributed by atoms with Crippen molar-refractivity contribution in [1.29, 1.82) is 0 Å². The van der Waals surface area contributed by atoms with E-state index in [0.717, 1.165) is 37.7 Å². The van der Waals surface area contributed by atoms with Gasteiger partial charge in [0.15, 0.2) is 12.1 Å². The van der Waals surface area contributed by atoms with Crippen molar-refractivity contribution in [3.05, 3.63) is 36.0 Å². The lowest BCUT2D eigenvalue weighted by atomic mass is 9.46. The number of carbonyl (C=O) groups excluding carboxylic acids is 1. The van der Waals surface area contributed by atoms with Crippen molar-refractivity contribution in [1.82, 2.24) is 0 Å². The number of fused-ring (bicyclic) bond motifs is 5. The third kappa shape index (κ3) is 4.52. The molecule has 0 amide bonds.